The van der Waals surface area contributed by atoms with E-state index in [1.54, 1.807) is 0 Å². The Kier molecular flexibility index (Phi) is 4.60. The number of amides is 1. The van der Waals surface area contributed by atoms with E-state index in [1.165, 1.54) is 24.6 Å². The highest BCUT2D eigenvalue weighted by Gasteiger charge is 2.32. The topological polar surface area (TPSA) is 75.4 Å². The SMILES string of the molecule is Nc1ccc(F)c(C(=O)NCC2(CO)CCCCC2)c1. The van der Waals surface area contributed by atoms with Gasteiger partial charge in [-0.15, -0.1) is 0 Å². The molecule has 1 aliphatic rings. The Morgan fingerprint density at radius 1 is 1.35 bits per heavy atom. The first kappa shape index (κ1) is 14.8. The van der Waals surface area contributed by atoms with Gasteiger partial charge in [-0.1, -0.05) is 19.3 Å². The minimum atomic E-state index is -0.585. The molecule has 2 rings (SSSR count). The third-order valence-corrected chi connectivity index (χ3v) is 4.11. The van der Waals surface area contributed by atoms with Crippen molar-refractivity contribution in [3.05, 3.63) is 29.6 Å². The molecular formula is C15H21FN2O2. The number of aliphatic hydroxyl groups is 1. The van der Waals surface area contributed by atoms with Crippen molar-refractivity contribution in [1.82, 2.24) is 5.32 Å². The number of benzene rings is 1. The van der Waals surface area contributed by atoms with Crippen molar-refractivity contribution in [3.63, 3.8) is 0 Å². The lowest BCUT2D eigenvalue weighted by Crippen LogP contribution is -2.41. The average Bonchev–Trinajstić information content (AvgIpc) is 2.48. The van der Waals surface area contributed by atoms with Crippen molar-refractivity contribution in [2.75, 3.05) is 18.9 Å². The van der Waals surface area contributed by atoms with E-state index in [1.807, 2.05) is 0 Å². The number of rotatable bonds is 4. The number of halogens is 1. The van der Waals surface area contributed by atoms with Crippen LogP contribution in [0.4, 0.5) is 10.1 Å². The number of nitrogen functional groups attached to an aromatic ring is 1. The Bertz CT molecular complexity index is 485. The highest BCUT2D eigenvalue weighted by molar-refractivity contribution is 5.95. The van der Waals surface area contributed by atoms with Gasteiger partial charge in [0.05, 0.1) is 12.2 Å². The van der Waals surface area contributed by atoms with Gasteiger partial charge in [-0.2, -0.15) is 0 Å². The first-order valence-electron chi connectivity index (χ1n) is 7.00. The maximum absolute atomic E-state index is 13.6. The summed E-state index contributed by atoms with van der Waals surface area (Å²) in [4.78, 5) is 12.0. The predicted octanol–water partition coefficient (Wildman–Crippen LogP) is 2.08. The highest BCUT2D eigenvalue weighted by Crippen LogP contribution is 2.35. The van der Waals surface area contributed by atoms with Crippen molar-refractivity contribution in [2.24, 2.45) is 5.41 Å². The van der Waals surface area contributed by atoms with Crippen LogP contribution >= 0.6 is 0 Å². The van der Waals surface area contributed by atoms with Gasteiger partial charge < -0.3 is 16.2 Å². The van der Waals surface area contributed by atoms with Crippen molar-refractivity contribution in [1.29, 1.82) is 0 Å². The Morgan fingerprint density at radius 3 is 2.70 bits per heavy atom. The average molecular weight is 280 g/mol. The molecule has 0 aliphatic heterocycles. The fourth-order valence-corrected chi connectivity index (χ4v) is 2.77. The molecule has 1 aromatic carbocycles. The molecule has 20 heavy (non-hydrogen) atoms. The molecular weight excluding hydrogens is 259 g/mol. The second-order valence-electron chi connectivity index (χ2n) is 5.64. The summed E-state index contributed by atoms with van der Waals surface area (Å²) in [5.41, 5.74) is 5.62. The van der Waals surface area contributed by atoms with Crippen LogP contribution in [0.1, 0.15) is 42.5 Å². The van der Waals surface area contributed by atoms with Crippen LogP contribution in [0.3, 0.4) is 0 Å². The Hall–Kier alpha value is -1.62. The number of carbonyl (C=O) groups is 1. The lowest BCUT2D eigenvalue weighted by Gasteiger charge is -2.35. The van der Waals surface area contributed by atoms with E-state index >= 15 is 0 Å². The van der Waals surface area contributed by atoms with Crippen LogP contribution in [0.5, 0.6) is 0 Å². The molecule has 110 valence electrons. The van der Waals surface area contributed by atoms with Gasteiger partial charge in [0.25, 0.3) is 5.91 Å². The minimum Gasteiger partial charge on any atom is -0.399 e. The Morgan fingerprint density at radius 2 is 2.05 bits per heavy atom. The fraction of sp³-hybridized carbons (Fsp3) is 0.533. The van der Waals surface area contributed by atoms with Gasteiger partial charge in [0.15, 0.2) is 0 Å². The van der Waals surface area contributed by atoms with Crippen molar-refractivity contribution < 1.29 is 14.3 Å². The third-order valence-electron chi connectivity index (χ3n) is 4.11. The van der Waals surface area contributed by atoms with Gasteiger partial charge in [0.2, 0.25) is 0 Å². The second kappa shape index (κ2) is 6.22. The molecule has 0 saturated heterocycles. The molecule has 0 unspecified atom stereocenters. The fourth-order valence-electron chi connectivity index (χ4n) is 2.77. The normalized spacial score (nSPS) is 17.7. The number of aliphatic hydroxyl groups excluding tert-OH is 1. The molecule has 5 heteroatoms. The van der Waals surface area contributed by atoms with Crippen LogP contribution in [0, 0.1) is 11.2 Å². The van der Waals surface area contributed by atoms with Crippen molar-refractivity contribution in [3.8, 4) is 0 Å². The summed E-state index contributed by atoms with van der Waals surface area (Å²) >= 11 is 0. The smallest absolute Gasteiger partial charge is 0.254 e. The summed E-state index contributed by atoms with van der Waals surface area (Å²) in [5, 5.41) is 12.3. The second-order valence-corrected chi connectivity index (χ2v) is 5.64. The summed E-state index contributed by atoms with van der Waals surface area (Å²) in [6.45, 7) is 0.420. The number of carbonyl (C=O) groups excluding carboxylic acids is 1. The van der Waals surface area contributed by atoms with E-state index < -0.39 is 11.7 Å². The highest BCUT2D eigenvalue weighted by atomic mass is 19.1. The van der Waals surface area contributed by atoms with E-state index in [4.69, 9.17) is 5.73 Å². The molecule has 1 aromatic rings. The molecule has 0 heterocycles. The van der Waals surface area contributed by atoms with Gasteiger partial charge in [-0.3, -0.25) is 4.79 Å². The van der Waals surface area contributed by atoms with Gasteiger partial charge in [-0.05, 0) is 31.0 Å². The molecule has 1 amide bonds. The zero-order valence-corrected chi connectivity index (χ0v) is 11.5. The molecule has 1 fully saturated rings. The van der Waals surface area contributed by atoms with Crippen molar-refractivity contribution >= 4 is 11.6 Å². The lowest BCUT2D eigenvalue weighted by atomic mass is 9.74. The molecule has 1 aliphatic carbocycles. The quantitative estimate of drug-likeness (QED) is 0.739. The zero-order valence-electron chi connectivity index (χ0n) is 11.5. The van der Waals surface area contributed by atoms with Gasteiger partial charge in [-0.25, -0.2) is 4.39 Å². The van der Waals surface area contributed by atoms with E-state index in [9.17, 15) is 14.3 Å². The van der Waals surface area contributed by atoms with Gasteiger partial charge in [0, 0.05) is 17.6 Å². The van der Waals surface area contributed by atoms with Crippen LogP contribution in [0.25, 0.3) is 0 Å². The number of nitrogens with one attached hydrogen (secondary N) is 1. The van der Waals surface area contributed by atoms with Crippen LogP contribution in [-0.2, 0) is 0 Å². The molecule has 4 nitrogen and oxygen atoms in total. The summed E-state index contributed by atoms with van der Waals surface area (Å²) in [6, 6.07) is 3.94. The summed E-state index contributed by atoms with van der Waals surface area (Å²) in [6.07, 6.45) is 5.07. The summed E-state index contributed by atoms with van der Waals surface area (Å²) in [5.74, 6) is -1.06. The zero-order chi connectivity index (χ0) is 14.6. The van der Waals surface area contributed by atoms with E-state index in [2.05, 4.69) is 5.32 Å². The van der Waals surface area contributed by atoms with E-state index in [0.717, 1.165) is 25.7 Å². The monoisotopic (exact) mass is 280 g/mol. The van der Waals surface area contributed by atoms with Crippen LogP contribution in [0.2, 0.25) is 0 Å². The maximum atomic E-state index is 13.6. The molecule has 4 N–H and O–H groups in total. The molecule has 0 spiro atoms. The molecule has 0 atom stereocenters. The van der Waals surface area contributed by atoms with Crippen LogP contribution in [0.15, 0.2) is 18.2 Å². The van der Waals surface area contributed by atoms with Crippen molar-refractivity contribution in [2.45, 2.75) is 32.1 Å². The minimum absolute atomic E-state index is 0.0473. The number of hydrogen-bond donors (Lipinski definition) is 3. The summed E-state index contributed by atoms with van der Waals surface area (Å²) in [7, 11) is 0. The van der Waals surface area contributed by atoms with E-state index in [0.29, 0.717) is 12.2 Å². The number of nitrogens with two attached hydrogens (primary N) is 1. The summed E-state index contributed by atoms with van der Waals surface area (Å²) < 4.78 is 13.6. The first-order chi connectivity index (χ1) is 9.56. The molecule has 0 radical (unpaired) electrons. The van der Waals surface area contributed by atoms with E-state index in [-0.39, 0.29) is 17.6 Å². The Balaban J connectivity index is 2.02. The first-order valence-corrected chi connectivity index (χ1v) is 7.00. The van der Waals surface area contributed by atoms with Crippen LogP contribution in [-0.4, -0.2) is 24.2 Å². The van der Waals surface area contributed by atoms with Crippen LogP contribution < -0.4 is 11.1 Å². The lowest BCUT2D eigenvalue weighted by molar-refractivity contribution is 0.0716. The standard InChI is InChI=1S/C15H21FN2O2/c16-13-5-4-11(17)8-12(13)14(20)18-9-15(10-19)6-2-1-3-7-15/h4-5,8,19H,1-3,6-7,9-10,17H2,(H,18,20). The molecule has 0 bridgehead atoms. The predicted molar refractivity (Wildman–Crippen MR) is 75.7 cm³/mol. The third kappa shape index (κ3) is 3.28. The number of anilines is 1. The molecule has 0 aromatic heterocycles. The number of hydrogen-bond acceptors (Lipinski definition) is 3. The van der Waals surface area contributed by atoms with Gasteiger partial charge >= 0.3 is 0 Å². The maximum Gasteiger partial charge on any atom is 0.254 e. The molecule has 1 saturated carbocycles. The van der Waals surface area contributed by atoms with Gasteiger partial charge in [0.1, 0.15) is 5.82 Å². The Labute approximate surface area is 118 Å². The largest absolute Gasteiger partial charge is 0.399 e.